The lowest BCUT2D eigenvalue weighted by Crippen LogP contribution is -2.16. The Bertz CT molecular complexity index is 581. The van der Waals surface area contributed by atoms with Crippen LogP contribution in [0, 0.1) is 5.41 Å². The van der Waals surface area contributed by atoms with E-state index in [-0.39, 0.29) is 16.6 Å². The van der Waals surface area contributed by atoms with Gasteiger partial charge in [-0.05, 0) is 46.6 Å². The Balaban J connectivity index is 3.64. The van der Waals surface area contributed by atoms with Crippen LogP contribution in [0.2, 0.25) is 0 Å². The first kappa shape index (κ1) is 17.3. The third kappa shape index (κ3) is 3.87. The Morgan fingerprint density at radius 3 is 1.95 bits per heavy atom. The van der Waals surface area contributed by atoms with Gasteiger partial charge in [-0.1, -0.05) is 47.6 Å². The molecule has 1 rings (SSSR count). The summed E-state index contributed by atoms with van der Waals surface area (Å²) in [6, 6.07) is 5.34. The van der Waals surface area contributed by atoms with Gasteiger partial charge in [-0.2, -0.15) is 0 Å². The highest BCUT2D eigenvalue weighted by Gasteiger charge is 2.26. The van der Waals surface area contributed by atoms with Crippen molar-refractivity contribution >= 4 is 11.5 Å². The smallest absolute Gasteiger partial charge is 0.331 e. The minimum Gasteiger partial charge on any atom is -0.508 e. The van der Waals surface area contributed by atoms with Gasteiger partial charge in [0.1, 0.15) is 5.75 Å². The second kappa shape index (κ2) is 5.55. The molecule has 0 bridgehead atoms. The highest BCUT2D eigenvalue weighted by molar-refractivity contribution is 5.97. The Hall–Kier alpha value is -1.77. The van der Waals surface area contributed by atoms with E-state index in [4.69, 9.17) is 0 Å². The summed E-state index contributed by atoms with van der Waals surface area (Å²) < 4.78 is 0. The van der Waals surface area contributed by atoms with Gasteiger partial charge >= 0.3 is 5.97 Å². The van der Waals surface area contributed by atoms with Gasteiger partial charge in [-0.25, -0.2) is 4.79 Å². The van der Waals surface area contributed by atoms with Crippen molar-refractivity contribution in [1.82, 2.24) is 0 Å². The number of allylic oxidation sites excluding steroid dienone is 1. The summed E-state index contributed by atoms with van der Waals surface area (Å²) in [4.78, 5) is 11.4. The predicted molar refractivity (Wildman–Crippen MR) is 86.5 cm³/mol. The number of hydrogen-bond acceptors (Lipinski definition) is 2. The fourth-order valence-corrected chi connectivity index (χ4v) is 2.61. The number of carboxylic acid groups (broad SMARTS) is 1. The van der Waals surface area contributed by atoms with E-state index in [0.29, 0.717) is 5.57 Å². The van der Waals surface area contributed by atoms with Crippen LogP contribution in [0.4, 0.5) is 0 Å². The molecule has 1 aromatic rings. The zero-order valence-electron chi connectivity index (χ0n) is 14.0. The van der Waals surface area contributed by atoms with Crippen LogP contribution in [-0.2, 0) is 10.2 Å². The number of carbonyl (C=O) groups is 1. The van der Waals surface area contributed by atoms with Crippen LogP contribution < -0.4 is 0 Å². The third-order valence-corrected chi connectivity index (χ3v) is 3.54. The Morgan fingerprint density at radius 1 is 1.05 bits per heavy atom. The molecule has 2 N–H and O–H groups in total. The number of benzene rings is 1. The fourth-order valence-electron chi connectivity index (χ4n) is 2.61. The first-order chi connectivity index (χ1) is 9.35. The zero-order chi connectivity index (χ0) is 16.6. The lowest BCUT2D eigenvalue weighted by Gasteiger charge is -2.27. The molecule has 0 saturated heterocycles. The Kier molecular flexibility index (Phi) is 4.57. The lowest BCUT2D eigenvalue weighted by atomic mass is 9.77. The summed E-state index contributed by atoms with van der Waals surface area (Å²) in [5.74, 6) is -0.669. The van der Waals surface area contributed by atoms with Crippen molar-refractivity contribution in [3.05, 3.63) is 34.9 Å². The van der Waals surface area contributed by atoms with Gasteiger partial charge < -0.3 is 10.2 Å². The lowest BCUT2D eigenvalue weighted by molar-refractivity contribution is -0.132. The van der Waals surface area contributed by atoms with Crippen LogP contribution in [0.25, 0.3) is 5.57 Å². The number of aromatic hydroxyl groups is 1. The number of hydrogen-bond donors (Lipinski definition) is 2. The molecule has 0 saturated carbocycles. The van der Waals surface area contributed by atoms with E-state index in [1.165, 1.54) is 0 Å². The molecule has 116 valence electrons. The molecule has 21 heavy (non-hydrogen) atoms. The first-order valence-electron chi connectivity index (χ1n) is 7.14. The monoisotopic (exact) mass is 290 g/mol. The topological polar surface area (TPSA) is 57.5 Å². The Labute approximate surface area is 127 Å². The highest BCUT2D eigenvalue weighted by atomic mass is 16.4. The SMILES string of the molecule is CC(C(=O)O)=C(c1ccc(O)c(C(C)(C)C)c1)C(C)(C)C. The van der Waals surface area contributed by atoms with E-state index in [2.05, 4.69) is 0 Å². The van der Waals surface area contributed by atoms with Crippen molar-refractivity contribution in [2.24, 2.45) is 5.41 Å². The first-order valence-corrected chi connectivity index (χ1v) is 7.14. The summed E-state index contributed by atoms with van der Waals surface area (Å²) >= 11 is 0. The number of phenolic OH excluding ortho intramolecular Hbond substituents is 1. The van der Waals surface area contributed by atoms with Crippen molar-refractivity contribution < 1.29 is 15.0 Å². The predicted octanol–water partition coefficient (Wildman–Crippen LogP) is 4.59. The van der Waals surface area contributed by atoms with Crippen LogP contribution in [0.15, 0.2) is 23.8 Å². The molecular weight excluding hydrogens is 264 g/mol. The highest BCUT2D eigenvalue weighted by Crippen LogP contribution is 2.40. The van der Waals surface area contributed by atoms with E-state index in [9.17, 15) is 15.0 Å². The second-order valence-electron chi connectivity index (χ2n) is 7.54. The van der Waals surface area contributed by atoms with Crippen molar-refractivity contribution in [3.63, 3.8) is 0 Å². The van der Waals surface area contributed by atoms with Crippen molar-refractivity contribution in [2.45, 2.75) is 53.9 Å². The van der Waals surface area contributed by atoms with E-state index >= 15 is 0 Å². The molecule has 0 spiro atoms. The van der Waals surface area contributed by atoms with Gasteiger partial charge in [0, 0.05) is 5.57 Å². The summed E-state index contributed by atoms with van der Waals surface area (Å²) in [7, 11) is 0. The molecule has 0 unspecified atom stereocenters. The largest absolute Gasteiger partial charge is 0.508 e. The van der Waals surface area contributed by atoms with Crippen molar-refractivity contribution in [1.29, 1.82) is 0 Å². The summed E-state index contributed by atoms with van der Waals surface area (Å²) in [5, 5.41) is 19.4. The van der Waals surface area contributed by atoms with E-state index in [1.807, 2.05) is 47.6 Å². The molecule has 0 aliphatic rings. The van der Waals surface area contributed by atoms with Crippen LogP contribution in [0.1, 0.15) is 59.6 Å². The number of phenols is 1. The maximum atomic E-state index is 11.4. The quantitative estimate of drug-likeness (QED) is 0.783. The average molecular weight is 290 g/mol. The molecule has 3 heteroatoms. The molecule has 0 fully saturated rings. The van der Waals surface area contributed by atoms with Crippen LogP contribution in [-0.4, -0.2) is 16.2 Å². The number of carboxylic acids is 1. The molecule has 0 aliphatic carbocycles. The van der Waals surface area contributed by atoms with Gasteiger partial charge in [0.2, 0.25) is 0 Å². The van der Waals surface area contributed by atoms with Crippen molar-refractivity contribution in [3.8, 4) is 5.75 Å². The molecule has 3 nitrogen and oxygen atoms in total. The summed E-state index contributed by atoms with van der Waals surface area (Å²) in [6.07, 6.45) is 0. The minimum atomic E-state index is -0.912. The standard InChI is InChI=1S/C18H26O3/c1-11(16(20)21)15(18(5,6)7)12-8-9-14(19)13(10-12)17(2,3)4/h8-10,19H,1-7H3,(H,20,21). The molecule has 0 aliphatic heterocycles. The average Bonchev–Trinajstić information content (AvgIpc) is 2.28. The molecule has 0 aromatic heterocycles. The van der Waals surface area contributed by atoms with Crippen LogP contribution in [0.5, 0.6) is 5.75 Å². The van der Waals surface area contributed by atoms with E-state index in [1.54, 1.807) is 19.1 Å². The molecule has 0 heterocycles. The molecule has 0 radical (unpaired) electrons. The van der Waals surface area contributed by atoms with Gasteiger partial charge in [0.05, 0.1) is 0 Å². The summed E-state index contributed by atoms with van der Waals surface area (Å²) in [6.45, 7) is 13.7. The third-order valence-electron chi connectivity index (χ3n) is 3.54. The molecular formula is C18H26O3. The van der Waals surface area contributed by atoms with Gasteiger partial charge in [-0.3, -0.25) is 0 Å². The summed E-state index contributed by atoms with van der Waals surface area (Å²) in [5.41, 5.74) is 2.30. The maximum absolute atomic E-state index is 11.4. The molecule has 0 amide bonds. The van der Waals surface area contributed by atoms with Crippen molar-refractivity contribution in [2.75, 3.05) is 0 Å². The van der Waals surface area contributed by atoms with Gasteiger partial charge in [-0.15, -0.1) is 0 Å². The normalized spacial score (nSPS) is 13.9. The number of rotatable bonds is 2. The van der Waals surface area contributed by atoms with Gasteiger partial charge in [0.25, 0.3) is 0 Å². The minimum absolute atomic E-state index is 0.208. The molecule has 1 aromatic carbocycles. The second-order valence-corrected chi connectivity index (χ2v) is 7.54. The van der Waals surface area contributed by atoms with Crippen LogP contribution >= 0.6 is 0 Å². The maximum Gasteiger partial charge on any atom is 0.331 e. The zero-order valence-corrected chi connectivity index (χ0v) is 14.0. The van der Waals surface area contributed by atoms with Crippen LogP contribution in [0.3, 0.4) is 0 Å². The van der Waals surface area contributed by atoms with E-state index < -0.39 is 5.97 Å². The Morgan fingerprint density at radius 2 is 1.57 bits per heavy atom. The van der Waals surface area contributed by atoms with E-state index in [0.717, 1.165) is 16.7 Å². The number of aliphatic carboxylic acids is 1. The van der Waals surface area contributed by atoms with Gasteiger partial charge in [0.15, 0.2) is 0 Å². The molecule has 0 atom stereocenters. The fraction of sp³-hybridized carbons (Fsp3) is 0.500.